The SMILES string of the molecule is CCOc1ccc(C(=O)c2ccc(F)cc2Cl)cc1. The maximum Gasteiger partial charge on any atom is 0.194 e. The Hall–Kier alpha value is -1.87. The minimum atomic E-state index is -0.465. The van der Waals surface area contributed by atoms with Crippen molar-refractivity contribution in [3.8, 4) is 5.75 Å². The zero-order chi connectivity index (χ0) is 13.8. The van der Waals surface area contributed by atoms with Crippen molar-refractivity contribution < 1.29 is 13.9 Å². The van der Waals surface area contributed by atoms with Crippen LogP contribution in [0.25, 0.3) is 0 Å². The summed E-state index contributed by atoms with van der Waals surface area (Å²) in [5.74, 6) is -0.00875. The Morgan fingerprint density at radius 3 is 2.47 bits per heavy atom. The number of benzene rings is 2. The van der Waals surface area contributed by atoms with Gasteiger partial charge >= 0.3 is 0 Å². The van der Waals surface area contributed by atoms with Gasteiger partial charge in [-0.15, -0.1) is 0 Å². The largest absolute Gasteiger partial charge is 0.494 e. The van der Waals surface area contributed by atoms with Crippen LogP contribution in [0.2, 0.25) is 5.02 Å². The van der Waals surface area contributed by atoms with Crippen LogP contribution in [-0.2, 0) is 0 Å². The van der Waals surface area contributed by atoms with Crippen LogP contribution >= 0.6 is 11.6 Å². The van der Waals surface area contributed by atoms with E-state index < -0.39 is 5.82 Å². The Balaban J connectivity index is 2.28. The van der Waals surface area contributed by atoms with Crippen LogP contribution < -0.4 is 4.74 Å². The lowest BCUT2D eigenvalue weighted by molar-refractivity contribution is 0.103. The molecular formula is C15H12ClFO2. The summed E-state index contributed by atoms with van der Waals surface area (Å²) in [5.41, 5.74) is 0.768. The number of hydrogen-bond acceptors (Lipinski definition) is 2. The summed E-state index contributed by atoms with van der Waals surface area (Å²) in [7, 11) is 0. The molecule has 0 saturated heterocycles. The maximum absolute atomic E-state index is 12.9. The van der Waals surface area contributed by atoms with Crippen LogP contribution in [0.3, 0.4) is 0 Å². The van der Waals surface area contributed by atoms with Crippen molar-refractivity contribution in [1.29, 1.82) is 0 Å². The fraction of sp³-hybridized carbons (Fsp3) is 0.133. The highest BCUT2D eigenvalue weighted by molar-refractivity contribution is 6.35. The highest BCUT2D eigenvalue weighted by Crippen LogP contribution is 2.22. The molecule has 0 spiro atoms. The summed E-state index contributed by atoms with van der Waals surface area (Å²) in [6.07, 6.45) is 0. The molecule has 0 unspecified atom stereocenters. The zero-order valence-electron chi connectivity index (χ0n) is 10.3. The molecule has 0 aromatic heterocycles. The maximum atomic E-state index is 12.9. The highest BCUT2D eigenvalue weighted by Gasteiger charge is 2.13. The van der Waals surface area contributed by atoms with Crippen LogP contribution in [0.15, 0.2) is 42.5 Å². The molecule has 0 heterocycles. The van der Waals surface area contributed by atoms with Crippen molar-refractivity contribution in [2.24, 2.45) is 0 Å². The van der Waals surface area contributed by atoms with E-state index in [0.29, 0.717) is 17.9 Å². The lowest BCUT2D eigenvalue weighted by Crippen LogP contribution is -2.02. The lowest BCUT2D eigenvalue weighted by atomic mass is 10.0. The van der Waals surface area contributed by atoms with Gasteiger partial charge < -0.3 is 4.74 Å². The summed E-state index contributed by atoms with van der Waals surface area (Å²) < 4.78 is 18.2. The molecule has 4 heteroatoms. The van der Waals surface area contributed by atoms with Gasteiger partial charge in [-0.3, -0.25) is 4.79 Å². The fourth-order valence-electron chi connectivity index (χ4n) is 1.70. The molecule has 2 rings (SSSR count). The van der Waals surface area contributed by atoms with Gasteiger partial charge in [0.05, 0.1) is 11.6 Å². The van der Waals surface area contributed by atoms with Crippen LogP contribution in [0, 0.1) is 5.82 Å². The average molecular weight is 279 g/mol. The van der Waals surface area contributed by atoms with E-state index in [4.69, 9.17) is 16.3 Å². The molecule has 0 radical (unpaired) electrons. The third kappa shape index (κ3) is 3.12. The normalized spacial score (nSPS) is 10.3. The van der Waals surface area contributed by atoms with Crippen molar-refractivity contribution in [1.82, 2.24) is 0 Å². The van der Waals surface area contributed by atoms with E-state index >= 15 is 0 Å². The van der Waals surface area contributed by atoms with Gasteiger partial charge in [-0.25, -0.2) is 4.39 Å². The van der Waals surface area contributed by atoms with Gasteiger partial charge in [-0.2, -0.15) is 0 Å². The standard InChI is InChI=1S/C15H12ClFO2/c1-2-19-12-6-3-10(4-7-12)15(18)13-8-5-11(17)9-14(13)16/h3-9H,2H2,1H3. The minimum Gasteiger partial charge on any atom is -0.494 e. The highest BCUT2D eigenvalue weighted by atomic mass is 35.5. The van der Waals surface area contributed by atoms with Crippen LogP contribution in [0.4, 0.5) is 4.39 Å². The first-order chi connectivity index (χ1) is 9.11. The van der Waals surface area contributed by atoms with E-state index in [1.165, 1.54) is 12.1 Å². The molecule has 2 nitrogen and oxygen atoms in total. The van der Waals surface area contributed by atoms with Crippen molar-refractivity contribution >= 4 is 17.4 Å². The predicted octanol–water partition coefficient (Wildman–Crippen LogP) is 4.11. The molecule has 0 N–H and O–H groups in total. The van der Waals surface area contributed by atoms with Gasteiger partial charge in [0, 0.05) is 11.1 Å². The van der Waals surface area contributed by atoms with Crippen LogP contribution in [0.1, 0.15) is 22.8 Å². The Bertz CT molecular complexity index is 594. The van der Waals surface area contributed by atoms with Crippen molar-refractivity contribution in [3.05, 3.63) is 64.4 Å². The van der Waals surface area contributed by atoms with Gasteiger partial charge in [0.15, 0.2) is 5.78 Å². The van der Waals surface area contributed by atoms with E-state index in [0.717, 1.165) is 6.07 Å². The van der Waals surface area contributed by atoms with E-state index in [1.807, 2.05) is 6.92 Å². The van der Waals surface area contributed by atoms with Crippen molar-refractivity contribution in [2.45, 2.75) is 6.92 Å². The van der Waals surface area contributed by atoms with E-state index in [1.54, 1.807) is 24.3 Å². The Morgan fingerprint density at radius 2 is 1.89 bits per heavy atom. The topological polar surface area (TPSA) is 26.3 Å². The third-order valence-corrected chi connectivity index (χ3v) is 2.92. The molecule has 0 aliphatic carbocycles. The van der Waals surface area contributed by atoms with E-state index in [-0.39, 0.29) is 16.4 Å². The smallest absolute Gasteiger partial charge is 0.194 e. The molecule has 0 saturated carbocycles. The molecular weight excluding hydrogens is 267 g/mol. The van der Waals surface area contributed by atoms with Crippen LogP contribution in [-0.4, -0.2) is 12.4 Å². The second-order valence-electron chi connectivity index (χ2n) is 3.91. The zero-order valence-corrected chi connectivity index (χ0v) is 11.1. The van der Waals surface area contributed by atoms with Crippen molar-refractivity contribution in [3.63, 3.8) is 0 Å². The molecule has 2 aromatic carbocycles. The Kier molecular flexibility index (Phi) is 4.17. The molecule has 0 atom stereocenters. The van der Waals surface area contributed by atoms with E-state index in [2.05, 4.69) is 0 Å². The summed E-state index contributed by atoms with van der Waals surface area (Å²) in [6, 6.07) is 10.5. The Morgan fingerprint density at radius 1 is 1.21 bits per heavy atom. The molecule has 0 fully saturated rings. The molecule has 2 aromatic rings. The number of carbonyl (C=O) groups is 1. The molecule has 19 heavy (non-hydrogen) atoms. The van der Waals surface area contributed by atoms with Gasteiger partial charge in [0.1, 0.15) is 11.6 Å². The first-order valence-corrected chi connectivity index (χ1v) is 6.22. The predicted molar refractivity (Wildman–Crippen MR) is 72.5 cm³/mol. The Labute approximate surface area is 115 Å². The second-order valence-corrected chi connectivity index (χ2v) is 4.32. The quantitative estimate of drug-likeness (QED) is 0.787. The van der Waals surface area contributed by atoms with Crippen LogP contribution in [0.5, 0.6) is 5.75 Å². The average Bonchev–Trinajstić information content (AvgIpc) is 2.39. The lowest BCUT2D eigenvalue weighted by Gasteiger charge is -2.06. The fourth-order valence-corrected chi connectivity index (χ4v) is 1.95. The number of carbonyl (C=O) groups excluding carboxylic acids is 1. The number of rotatable bonds is 4. The monoisotopic (exact) mass is 278 g/mol. The molecule has 0 amide bonds. The first kappa shape index (κ1) is 13.6. The van der Waals surface area contributed by atoms with Gasteiger partial charge in [0.25, 0.3) is 0 Å². The van der Waals surface area contributed by atoms with Gasteiger partial charge in [-0.05, 0) is 49.4 Å². The van der Waals surface area contributed by atoms with E-state index in [9.17, 15) is 9.18 Å². The summed E-state index contributed by atoms with van der Waals surface area (Å²) in [4.78, 5) is 12.2. The number of hydrogen-bond donors (Lipinski definition) is 0. The minimum absolute atomic E-state index is 0.110. The number of ether oxygens (including phenoxy) is 1. The first-order valence-electron chi connectivity index (χ1n) is 5.84. The number of ketones is 1. The van der Waals surface area contributed by atoms with Gasteiger partial charge in [-0.1, -0.05) is 11.6 Å². The molecule has 98 valence electrons. The summed E-state index contributed by atoms with van der Waals surface area (Å²) in [5, 5.41) is 0.110. The number of halogens is 2. The summed E-state index contributed by atoms with van der Waals surface area (Å²) in [6.45, 7) is 2.45. The van der Waals surface area contributed by atoms with Gasteiger partial charge in [0.2, 0.25) is 0 Å². The third-order valence-electron chi connectivity index (χ3n) is 2.60. The molecule has 0 aliphatic rings. The molecule has 0 aliphatic heterocycles. The van der Waals surface area contributed by atoms with Crippen molar-refractivity contribution in [2.75, 3.05) is 6.61 Å². The summed E-state index contributed by atoms with van der Waals surface area (Å²) >= 11 is 5.87. The second kappa shape index (κ2) is 5.85. The molecule has 0 bridgehead atoms.